The van der Waals surface area contributed by atoms with Crippen molar-refractivity contribution in [3.05, 3.63) is 35.9 Å². The zero-order chi connectivity index (χ0) is 12.7. The van der Waals surface area contributed by atoms with Crippen molar-refractivity contribution in [1.82, 2.24) is 5.32 Å². The van der Waals surface area contributed by atoms with Crippen LogP contribution in [0.2, 0.25) is 0 Å². The van der Waals surface area contributed by atoms with E-state index in [1.807, 2.05) is 30.3 Å². The average Bonchev–Trinajstić information content (AvgIpc) is 2.31. The molecular weight excluding hydrogens is 218 g/mol. The van der Waals surface area contributed by atoms with Crippen molar-refractivity contribution >= 4 is 12.4 Å². The molecule has 0 aromatic heterocycles. The topological polar surface area (TPSA) is 55.4 Å². The first kappa shape index (κ1) is 13.2. The molecule has 1 atom stereocenters. The van der Waals surface area contributed by atoms with Crippen LogP contribution in [0.15, 0.2) is 30.3 Å². The van der Waals surface area contributed by atoms with Crippen molar-refractivity contribution in [1.29, 1.82) is 0 Å². The van der Waals surface area contributed by atoms with E-state index in [0.29, 0.717) is 19.4 Å². The van der Waals surface area contributed by atoms with Crippen LogP contribution in [-0.2, 0) is 20.7 Å². The van der Waals surface area contributed by atoms with Gasteiger partial charge >= 0.3 is 5.97 Å². The van der Waals surface area contributed by atoms with Gasteiger partial charge in [-0.1, -0.05) is 30.3 Å². The Balaban J connectivity index is 2.84. The highest BCUT2D eigenvalue weighted by Crippen LogP contribution is 2.14. The molecule has 0 saturated heterocycles. The molecule has 1 aromatic carbocycles. The van der Waals surface area contributed by atoms with Crippen LogP contribution >= 0.6 is 0 Å². The Morgan fingerprint density at radius 1 is 1.41 bits per heavy atom. The van der Waals surface area contributed by atoms with Crippen LogP contribution in [0.4, 0.5) is 0 Å². The molecule has 0 aliphatic carbocycles. The van der Waals surface area contributed by atoms with Crippen LogP contribution in [-0.4, -0.2) is 24.5 Å². The van der Waals surface area contributed by atoms with Crippen LogP contribution < -0.4 is 5.32 Å². The van der Waals surface area contributed by atoms with E-state index in [1.165, 1.54) is 0 Å². The molecule has 1 amide bonds. The van der Waals surface area contributed by atoms with E-state index in [4.69, 9.17) is 4.74 Å². The Morgan fingerprint density at radius 3 is 2.59 bits per heavy atom. The lowest BCUT2D eigenvalue weighted by Crippen LogP contribution is -2.51. The van der Waals surface area contributed by atoms with Gasteiger partial charge in [0.1, 0.15) is 5.54 Å². The van der Waals surface area contributed by atoms with Gasteiger partial charge in [-0.15, -0.1) is 0 Å². The molecule has 17 heavy (non-hydrogen) atoms. The maximum atomic E-state index is 11.8. The summed E-state index contributed by atoms with van der Waals surface area (Å²) in [7, 11) is 0. The van der Waals surface area contributed by atoms with Gasteiger partial charge < -0.3 is 10.1 Å². The largest absolute Gasteiger partial charge is 0.464 e. The van der Waals surface area contributed by atoms with Gasteiger partial charge in [-0.2, -0.15) is 0 Å². The Bertz CT molecular complexity index is 378. The highest BCUT2D eigenvalue weighted by molar-refractivity contribution is 5.83. The number of ether oxygens (including phenoxy) is 1. The Morgan fingerprint density at radius 2 is 2.06 bits per heavy atom. The van der Waals surface area contributed by atoms with Gasteiger partial charge in [-0.05, 0) is 19.4 Å². The van der Waals surface area contributed by atoms with Crippen LogP contribution in [0.5, 0.6) is 0 Å². The number of carbonyl (C=O) groups excluding carboxylic acids is 2. The lowest BCUT2D eigenvalue weighted by Gasteiger charge is -2.26. The maximum absolute atomic E-state index is 11.8. The number of amides is 1. The maximum Gasteiger partial charge on any atom is 0.331 e. The minimum Gasteiger partial charge on any atom is -0.464 e. The molecular formula is C13H17NO3. The van der Waals surface area contributed by atoms with Crippen molar-refractivity contribution in [3.63, 3.8) is 0 Å². The van der Waals surface area contributed by atoms with Crippen LogP contribution in [0, 0.1) is 0 Å². The average molecular weight is 235 g/mol. The molecule has 0 unspecified atom stereocenters. The third-order valence-corrected chi connectivity index (χ3v) is 2.50. The smallest absolute Gasteiger partial charge is 0.331 e. The zero-order valence-electron chi connectivity index (χ0n) is 10.1. The lowest BCUT2D eigenvalue weighted by molar-refractivity contribution is -0.151. The van der Waals surface area contributed by atoms with Crippen molar-refractivity contribution < 1.29 is 14.3 Å². The number of rotatable bonds is 6. The van der Waals surface area contributed by atoms with E-state index in [9.17, 15) is 9.59 Å². The summed E-state index contributed by atoms with van der Waals surface area (Å²) in [5, 5.41) is 2.54. The molecule has 1 N–H and O–H groups in total. The quantitative estimate of drug-likeness (QED) is 0.597. The molecule has 0 heterocycles. The van der Waals surface area contributed by atoms with E-state index in [0.717, 1.165) is 5.56 Å². The molecule has 0 fully saturated rings. The highest BCUT2D eigenvalue weighted by Gasteiger charge is 2.34. The number of benzene rings is 1. The molecule has 92 valence electrons. The molecule has 1 rings (SSSR count). The Labute approximate surface area is 101 Å². The molecule has 0 aliphatic heterocycles. The summed E-state index contributed by atoms with van der Waals surface area (Å²) in [5.41, 5.74) is -0.0450. The molecule has 1 aromatic rings. The van der Waals surface area contributed by atoms with E-state index in [1.54, 1.807) is 13.8 Å². The van der Waals surface area contributed by atoms with Gasteiger partial charge in [0.2, 0.25) is 6.41 Å². The third-order valence-electron chi connectivity index (χ3n) is 2.50. The predicted octanol–water partition coefficient (Wildman–Crippen LogP) is 1.30. The number of nitrogens with one attached hydrogen (secondary N) is 1. The molecule has 0 aliphatic rings. The standard InChI is InChI=1S/C13H17NO3/c1-3-17-12(16)13(2,14-10-15)9-11-7-5-4-6-8-11/h4-8,10H,3,9H2,1-2H3,(H,14,15)/t13-/m0/s1. The van der Waals surface area contributed by atoms with Crippen LogP contribution in [0.1, 0.15) is 19.4 Å². The van der Waals surface area contributed by atoms with Crippen molar-refractivity contribution in [3.8, 4) is 0 Å². The highest BCUT2D eigenvalue weighted by atomic mass is 16.5. The number of hydrogen-bond donors (Lipinski definition) is 1. The third kappa shape index (κ3) is 3.59. The van der Waals surface area contributed by atoms with E-state index in [-0.39, 0.29) is 0 Å². The zero-order valence-corrected chi connectivity index (χ0v) is 10.1. The molecule has 0 saturated carbocycles. The fraction of sp³-hybridized carbons (Fsp3) is 0.385. The number of esters is 1. The van der Waals surface area contributed by atoms with Gasteiger partial charge in [0.05, 0.1) is 6.61 Å². The molecule has 4 nitrogen and oxygen atoms in total. The van der Waals surface area contributed by atoms with Gasteiger partial charge in [0, 0.05) is 6.42 Å². The first-order valence-electron chi connectivity index (χ1n) is 5.55. The first-order valence-corrected chi connectivity index (χ1v) is 5.55. The normalized spacial score (nSPS) is 13.5. The van der Waals surface area contributed by atoms with E-state index < -0.39 is 11.5 Å². The van der Waals surface area contributed by atoms with Crippen LogP contribution in [0.25, 0.3) is 0 Å². The summed E-state index contributed by atoms with van der Waals surface area (Å²) in [5.74, 6) is -0.420. The van der Waals surface area contributed by atoms with Crippen molar-refractivity contribution in [2.45, 2.75) is 25.8 Å². The summed E-state index contributed by atoms with van der Waals surface area (Å²) < 4.78 is 4.97. The molecule has 0 radical (unpaired) electrons. The van der Waals surface area contributed by atoms with Gasteiger partial charge in [0.15, 0.2) is 0 Å². The number of hydrogen-bond acceptors (Lipinski definition) is 3. The van der Waals surface area contributed by atoms with Gasteiger partial charge in [-0.25, -0.2) is 4.79 Å². The Hall–Kier alpha value is -1.84. The lowest BCUT2D eigenvalue weighted by atomic mass is 9.93. The van der Waals surface area contributed by atoms with Gasteiger partial charge in [0.25, 0.3) is 0 Å². The van der Waals surface area contributed by atoms with Crippen molar-refractivity contribution in [2.24, 2.45) is 0 Å². The van der Waals surface area contributed by atoms with E-state index >= 15 is 0 Å². The second kappa shape index (κ2) is 6.03. The Kier molecular flexibility index (Phi) is 4.69. The summed E-state index contributed by atoms with van der Waals surface area (Å²) in [6, 6.07) is 9.50. The SMILES string of the molecule is CCOC(=O)[C@](C)(Cc1ccccc1)NC=O. The fourth-order valence-corrected chi connectivity index (χ4v) is 1.61. The second-order valence-electron chi connectivity index (χ2n) is 3.98. The predicted molar refractivity (Wildman–Crippen MR) is 64.4 cm³/mol. The second-order valence-corrected chi connectivity index (χ2v) is 3.98. The van der Waals surface area contributed by atoms with E-state index in [2.05, 4.69) is 5.32 Å². The molecule has 0 bridgehead atoms. The molecule has 0 spiro atoms. The van der Waals surface area contributed by atoms with Crippen LogP contribution in [0.3, 0.4) is 0 Å². The summed E-state index contributed by atoms with van der Waals surface area (Å²) in [4.78, 5) is 22.4. The first-order chi connectivity index (χ1) is 8.12. The monoisotopic (exact) mass is 235 g/mol. The minimum atomic E-state index is -1.01. The summed E-state index contributed by atoms with van der Waals surface area (Å²) in [6.45, 7) is 3.69. The number of carbonyl (C=O) groups is 2. The summed E-state index contributed by atoms with van der Waals surface area (Å²) >= 11 is 0. The van der Waals surface area contributed by atoms with Crippen molar-refractivity contribution in [2.75, 3.05) is 6.61 Å². The van der Waals surface area contributed by atoms with Gasteiger partial charge in [-0.3, -0.25) is 4.79 Å². The fourth-order valence-electron chi connectivity index (χ4n) is 1.61. The minimum absolute atomic E-state index is 0.295. The summed E-state index contributed by atoms with van der Waals surface area (Å²) in [6.07, 6.45) is 0.936. The molecule has 4 heteroatoms.